The summed E-state index contributed by atoms with van der Waals surface area (Å²) in [5, 5.41) is 12.1. The Labute approximate surface area is 117 Å². The van der Waals surface area contributed by atoms with Crippen LogP contribution in [0.3, 0.4) is 0 Å². The van der Waals surface area contributed by atoms with Crippen molar-refractivity contribution in [3.63, 3.8) is 0 Å². The molecule has 1 aliphatic heterocycles. The summed E-state index contributed by atoms with van der Waals surface area (Å²) >= 11 is 0. The first-order valence-electron chi connectivity index (χ1n) is 6.41. The van der Waals surface area contributed by atoms with Crippen molar-refractivity contribution in [3.8, 4) is 0 Å². The molecule has 1 atom stereocenters. The van der Waals surface area contributed by atoms with Crippen LogP contribution in [0.1, 0.15) is 18.4 Å². The highest BCUT2D eigenvalue weighted by Crippen LogP contribution is 2.25. The van der Waals surface area contributed by atoms with Gasteiger partial charge in [-0.3, -0.25) is 5.32 Å². The lowest BCUT2D eigenvalue weighted by Gasteiger charge is -2.33. The third-order valence-electron chi connectivity index (χ3n) is 3.35. The Hall–Kier alpha value is -2.14. The number of rotatable bonds is 4. The molecule has 1 aromatic rings. The molecule has 106 valence electrons. The van der Waals surface area contributed by atoms with Crippen molar-refractivity contribution in [1.82, 2.24) is 5.32 Å². The molecule has 5 heteroatoms. The quantitative estimate of drug-likeness (QED) is 0.494. The van der Waals surface area contributed by atoms with E-state index in [1.165, 1.54) is 0 Å². The van der Waals surface area contributed by atoms with Crippen LogP contribution in [-0.2, 0) is 20.9 Å². The molecule has 0 amide bonds. The van der Waals surface area contributed by atoms with Crippen molar-refractivity contribution in [1.29, 1.82) is 0 Å². The second-order valence-corrected chi connectivity index (χ2v) is 4.88. The number of nitrogens with one attached hydrogen (secondary N) is 1. The van der Waals surface area contributed by atoms with Crippen molar-refractivity contribution < 1.29 is 19.4 Å². The molecule has 2 rings (SSSR count). The van der Waals surface area contributed by atoms with Crippen LogP contribution in [-0.4, -0.2) is 29.1 Å². The second kappa shape index (κ2) is 5.88. The molecule has 1 unspecified atom stereocenters. The molecular formula is C15H17NO4. The van der Waals surface area contributed by atoms with Crippen LogP contribution < -0.4 is 5.32 Å². The molecule has 0 aromatic heterocycles. The van der Waals surface area contributed by atoms with E-state index in [1.54, 1.807) is 0 Å². The first-order valence-corrected chi connectivity index (χ1v) is 6.41. The zero-order chi connectivity index (χ0) is 14.6. The number of piperidine rings is 1. The minimum absolute atomic E-state index is 0.0584. The maximum Gasteiger partial charge on any atom is 0.338 e. The van der Waals surface area contributed by atoms with Crippen LogP contribution in [0.25, 0.3) is 0 Å². The summed E-state index contributed by atoms with van der Waals surface area (Å²) in [6.45, 7) is 4.25. The average molecular weight is 275 g/mol. The zero-order valence-corrected chi connectivity index (χ0v) is 11.1. The number of carboxylic acids is 1. The Balaban J connectivity index is 2.08. The topological polar surface area (TPSA) is 75.6 Å². The summed E-state index contributed by atoms with van der Waals surface area (Å²) in [4.78, 5) is 23.6. The van der Waals surface area contributed by atoms with Crippen molar-refractivity contribution >= 4 is 11.9 Å². The summed E-state index contributed by atoms with van der Waals surface area (Å²) < 4.78 is 5.16. The number of benzene rings is 1. The number of ether oxygens (including phenoxy) is 1. The van der Waals surface area contributed by atoms with Gasteiger partial charge in [-0.05, 0) is 12.0 Å². The number of esters is 1. The van der Waals surface area contributed by atoms with E-state index in [1.807, 2.05) is 30.3 Å². The van der Waals surface area contributed by atoms with E-state index in [0.717, 1.165) is 11.1 Å². The van der Waals surface area contributed by atoms with Crippen LogP contribution in [0, 0.1) is 0 Å². The zero-order valence-electron chi connectivity index (χ0n) is 11.1. The van der Waals surface area contributed by atoms with Crippen LogP contribution >= 0.6 is 0 Å². The van der Waals surface area contributed by atoms with Crippen LogP contribution in [0.2, 0.25) is 0 Å². The van der Waals surface area contributed by atoms with Crippen molar-refractivity contribution in [3.05, 3.63) is 48.0 Å². The minimum Gasteiger partial charge on any atom is -0.479 e. The smallest absolute Gasteiger partial charge is 0.338 e. The molecule has 0 aliphatic carbocycles. The lowest BCUT2D eigenvalue weighted by atomic mass is 9.86. The molecule has 0 radical (unpaired) electrons. The normalized spacial score (nSPS) is 22.3. The van der Waals surface area contributed by atoms with Crippen molar-refractivity contribution in [2.75, 3.05) is 6.54 Å². The van der Waals surface area contributed by atoms with Gasteiger partial charge >= 0.3 is 11.9 Å². The van der Waals surface area contributed by atoms with Gasteiger partial charge in [-0.1, -0.05) is 42.5 Å². The second-order valence-electron chi connectivity index (χ2n) is 4.88. The van der Waals surface area contributed by atoms with Gasteiger partial charge in [-0.15, -0.1) is 0 Å². The van der Waals surface area contributed by atoms with E-state index in [2.05, 4.69) is 11.9 Å². The predicted octanol–water partition coefficient (Wildman–Crippen LogP) is 1.49. The summed E-state index contributed by atoms with van der Waals surface area (Å²) in [6, 6.07) is 9.15. The molecule has 0 spiro atoms. The van der Waals surface area contributed by atoms with Gasteiger partial charge < -0.3 is 9.84 Å². The standard InChI is InChI=1S/C15H17NO4/c1-11-7-8-16-15(9-11,13(17)18)14(19)20-10-12-5-3-2-4-6-12/h2-6,16H,1,7-10H2,(H,17,18). The fraction of sp³-hybridized carbons (Fsp3) is 0.333. The van der Waals surface area contributed by atoms with Gasteiger partial charge in [0.1, 0.15) is 6.61 Å². The predicted molar refractivity (Wildman–Crippen MR) is 73.0 cm³/mol. The molecule has 0 saturated carbocycles. The van der Waals surface area contributed by atoms with Crippen molar-refractivity contribution in [2.24, 2.45) is 0 Å². The van der Waals surface area contributed by atoms with Gasteiger partial charge in [0, 0.05) is 13.0 Å². The highest BCUT2D eigenvalue weighted by Gasteiger charge is 2.49. The third kappa shape index (κ3) is 2.88. The first-order chi connectivity index (χ1) is 9.54. The maximum absolute atomic E-state index is 12.2. The van der Waals surface area contributed by atoms with E-state index < -0.39 is 17.5 Å². The van der Waals surface area contributed by atoms with Gasteiger partial charge in [0.2, 0.25) is 5.54 Å². The van der Waals surface area contributed by atoms with E-state index in [9.17, 15) is 14.7 Å². The Morgan fingerprint density at radius 1 is 1.35 bits per heavy atom. The van der Waals surface area contributed by atoms with Gasteiger partial charge in [0.05, 0.1) is 0 Å². The van der Waals surface area contributed by atoms with Crippen LogP contribution in [0.15, 0.2) is 42.5 Å². The number of carboxylic acid groups (broad SMARTS) is 1. The Bertz CT molecular complexity index is 526. The molecule has 20 heavy (non-hydrogen) atoms. The van der Waals surface area contributed by atoms with E-state index in [4.69, 9.17) is 4.74 Å². The molecule has 1 fully saturated rings. The highest BCUT2D eigenvalue weighted by molar-refractivity contribution is 6.04. The summed E-state index contributed by atoms with van der Waals surface area (Å²) in [6.07, 6.45) is 0.733. The lowest BCUT2D eigenvalue weighted by molar-refractivity contribution is -0.164. The van der Waals surface area contributed by atoms with E-state index in [0.29, 0.717) is 13.0 Å². The SMILES string of the molecule is C=C1CCNC(C(=O)O)(C(=O)OCc2ccccc2)C1. The Morgan fingerprint density at radius 3 is 2.65 bits per heavy atom. The van der Waals surface area contributed by atoms with Crippen LogP contribution in [0.4, 0.5) is 0 Å². The third-order valence-corrected chi connectivity index (χ3v) is 3.35. The maximum atomic E-state index is 12.2. The first kappa shape index (κ1) is 14.3. The number of carbonyl (C=O) groups excluding carboxylic acids is 1. The molecule has 1 aromatic carbocycles. The van der Waals surface area contributed by atoms with E-state index in [-0.39, 0.29) is 13.0 Å². The van der Waals surface area contributed by atoms with E-state index >= 15 is 0 Å². The number of aliphatic carboxylic acids is 1. The highest BCUT2D eigenvalue weighted by atomic mass is 16.5. The molecule has 2 N–H and O–H groups in total. The number of hydrogen-bond donors (Lipinski definition) is 2. The van der Waals surface area contributed by atoms with Crippen molar-refractivity contribution in [2.45, 2.75) is 25.0 Å². The fourth-order valence-corrected chi connectivity index (χ4v) is 2.21. The Kier molecular flexibility index (Phi) is 4.20. The Morgan fingerprint density at radius 2 is 2.05 bits per heavy atom. The van der Waals surface area contributed by atoms with Gasteiger partial charge in [-0.25, -0.2) is 9.59 Å². The lowest BCUT2D eigenvalue weighted by Crippen LogP contribution is -2.61. The average Bonchev–Trinajstić information content (AvgIpc) is 2.45. The largest absolute Gasteiger partial charge is 0.479 e. The summed E-state index contributed by atoms with van der Waals surface area (Å²) in [5.74, 6) is -1.99. The molecule has 1 aliphatic rings. The monoisotopic (exact) mass is 275 g/mol. The molecule has 1 heterocycles. The molecule has 0 bridgehead atoms. The van der Waals surface area contributed by atoms with Gasteiger partial charge in [-0.2, -0.15) is 0 Å². The summed E-state index contributed by atoms with van der Waals surface area (Å²) in [5.41, 5.74) is -0.150. The van der Waals surface area contributed by atoms with Crippen LogP contribution in [0.5, 0.6) is 0 Å². The van der Waals surface area contributed by atoms with Gasteiger partial charge in [0.25, 0.3) is 0 Å². The number of carbonyl (C=O) groups is 2. The molecule has 5 nitrogen and oxygen atoms in total. The fourth-order valence-electron chi connectivity index (χ4n) is 2.21. The minimum atomic E-state index is -1.70. The van der Waals surface area contributed by atoms with Gasteiger partial charge in [0.15, 0.2) is 0 Å². The number of hydrogen-bond acceptors (Lipinski definition) is 4. The summed E-state index contributed by atoms with van der Waals surface area (Å²) in [7, 11) is 0. The molecule has 1 saturated heterocycles. The molecular weight excluding hydrogens is 258 g/mol.